The highest BCUT2D eigenvalue weighted by atomic mass is 35.5. The molecule has 26 heteroatoms. The average Bonchev–Trinajstić information content (AvgIpc) is 3.24. The number of hydrogen-bond acceptors (Lipinski definition) is 18. The number of rotatable bonds is 16. The normalized spacial score (nSPS) is 13.6. The van der Waals surface area contributed by atoms with Crippen LogP contribution in [0.3, 0.4) is 0 Å². The van der Waals surface area contributed by atoms with Gasteiger partial charge in [-0.1, -0.05) is 29.8 Å². The minimum Gasteiger partial charge on any atom is -0.480 e. The number of amides is 2. The lowest BCUT2D eigenvalue weighted by Gasteiger charge is -2.39. The molecule has 0 radical (unpaired) electrons. The second-order valence-electron chi connectivity index (χ2n) is 14.6. The lowest BCUT2D eigenvalue weighted by atomic mass is 9.98. The van der Waals surface area contributed by atoms with Crippen LogP contribution in [0, 0.1) is 51.9 Å². The number of pyridine rings is 2. The van der Waals surface area contributed by atoms with Crippen LogP contribution in [0.1, 0.15) is 56.8 Å². The van der Waals surface area contributed by atoms with Crippen LogP contribution in [0.4, 0.5) is 24.8 Å². The number of nitriles is 2. The van der Waals surface area contributed by atoms with Crippen molar-refractivity contribution >= 4 is 67.0 Å². The van der Waals surface area contributed by atoms with E-state index in [1.165, 1.54) is 38.5 Å². The van der Waals surface area contributed by atoms with Gasteiger partial charge in [-0.25, -0.2) is 39.6 Å². The van der Waals surface area contributed by atoms with Crippen LogP contribution in [0.25, 0.3) is 0 Å². The molecule has 2 aliphatic heterocycles. The Kier molecular flexibility index (Phi) is 16.8. The molecule has 2 amide bonds. The van der Waals surface area contributed by atoms with Crippen LogP contribution in [0.2, 0.25) is 5.02 Å². The molecule has 4 aromatic rings. The largest absolute Gasteiger partial charge is 0.480 e. The highest BCUT2D eigenvalue weighted by molar-refractivity contribution is 7.89. The molecule has 2 saturated heterocycles. The number of esters is 2. The predicted octanol–water partition coefficient (Wildman–Crippen LogP) is 3.51. The number of halogens is 4. The molecule has 0 unspecified atom stereocenters. The van der Waals surface area contributed by atoms with E-state index >= 15 is 0 Å². The van der Waals surface area contributed by atoms with Crippen molar-refractivity contribution < 1.29 is 68.1 Å². The zero-order valence-electron chi connectivity index (χ0n) is 36.3. The van der Waals surface area contributed by atoms with Gasteiger partial charge >= 0.3 is 11.9 Å². The third-order valence-electron chi connectivity index (χ3n) is 9.91. The van der Waals surface area contributed by atoms with Gasteiger partial charge < -0.3 is 28.7 Å². The van der Waals surface area contributed by atoms with Gasteiger partial charge in [0, 0.05) is 42.3 Å². The van der Waals surface area contributed by atoms with E-state index in [9.17, 15) is 59.7 Å². The number of hydrogen-bond donors (Lipinski definition) is 2. The van der Waals surface area contributed by atoms with Gasteiger partial charge in [-0.2, -0.15) is 20.5 Å². The molecule has 68 heavy (non-hydrogen) atoms. The Morgan fingerprint density at radius 3 is 1.54 bits per heavy atom. The number of nitrogens with one attached hydrogen (secondary N) is 2. The van der Waals surface area contributed by atoms with Crippen molar-refractivity contribution in [1.29, 1.82) is 10.5 Å². The third kappa shape index (κ3) is 12.4. The fourth-order valence-corrected chi connectivity index (χ4v) is 9.06. The van der Waals surface area contributed by atoms with Gasteiger partial charge in [0.2, 0.25) is 43.6 Å². The Balaban J connectivity index is 0.000000254. The topological polar surface area (TPSA) is 277 Å². The van der Waals surface area contributed by atoms with Gasteiger partial charge in [-0.05, 0) is 44.2 Å². The van der Waals surface area contributed by atoms with E-state index in [1.807, 2.05) is 21.6 Å². The number of ether oxygens (including phenoxy) is 4. The maximum absolute atomic E-state index is 13.9. The second-order valence-corrected chi connectivity index (χ2v) is 18.5. The summed E-state index contributed by atoms with van der Waals surface area (Å²) in [6.45, 7) is 3.69. The fraction of sp³-hybridized carbons (Fsp3) is 0.333. The minimum atomic E-state index is -4.28. The quantitative estimate of drug-likeness (QED) is 0.152. The molecule has 360 valence electrons. The lowest BCUT2D eigenvalue weighted by molar-refractivity contribution is -0.124. The molecule has 2 fully saturated rings. The zero-order chi connectivity index (χ0) is 50.1. The van der Waals surface area contributed by atoms with Gasteiger partial charge in [0.05, 0.1) is 61.9 Å². The first-order valence-electron chi connectivity index (χ1n) is 20.0. The SMILES string of the molecule is CCOC(=O)c1cc(C#N)c(N2CC(C(=O)NS(=O)(=O)Cc3ccc(Cl)cc3F)C2)nc1OC.CCOC(=O)c1cc(C#N)c(N2CC(C(=O)NS(=O)(=O)Cc3cccc(F)c3F)C2)nc1OC. The summed E-state index contributed by atoms with van der Waals surface area (Å²) in [4.78, 5) is 60.5. The molecular formula is C42H40ClF3N8O12S2. The lowest BCUT2D eigenvalue weighted by Crippen LogP contribution is -2.55. The molecule has 0 bridgehead atoms. The highest BCUT2D eigenvalue weighted by Crippen LogP contribution is 2.33. The molecule has 4 heterocycles. The van der Waals surface area contributed by atoms with Crippen LogP contribution in [0.15, 0.2) is 48.5 Å². The summed E-state index contributed by atoms with van der Waals surface area (Å²) in [6.07, 6.45) is 0. The van der Waals surface area contributed by atoms with Crippen molar-refractivity contribution in [2.75, 3.05) is 63.4 Å². The van der Waals surface area contributed by atoms with Gasteiger partial charge in [-0.15, -0.1) is 0 Å². The zero-order valence-corrected chi connectivity index (χ0v) is 38.7. The molecule has 2 aromatic heterocycles. The first kappa shape index (κ1) is 51.8. The Bertz CT molecular complexity index is 2940. The predicted molar refractivity (Wildman–Crippen MR) is 234 cm³/mol. The highest BCUT2D eigenvalue weighted by Gasteiger charge is 2.39. The van der Waals surface area contributed by atoms with Crippen LogP contribution < -0.4 is 28.7 Å². The fourth-order valence-electron chi connectivity index (χ4n) is 6.53. The summed E-state index contributed by atoms with van der Waals surface area (Å²) >= 11 is 5.66. The van der Waals surface area contributed by atoms with Crippen LogP contribution in [-0.4, -0.2) is 104 Å². The van der Waals surface area contributed by atoms with E-state index in [4.69, 9.17) is 30.5 Å². The molecule has 0 saturated carbocycles. The standard InChI is InChI=1S/C21H20ClFN4O6S.C21H20F2N4O6S/c1-3-33-21(29)16-6-13(8-24)18(25-20(16)32-2)27-9-14(10-27)19(28)26-34(30,31)11-12-4-5-15(22)7-17(12)23;1-3-33-21(29)15-7-13(8-24)18(25-20(15)32-2)27-9-14(10-27)19(28)26-34(30,31)11-12-5-4-6-16(22)17(12)23/h2*4-7,14H,3,9-11H2,1-2H3,(H,26,28). The Morgan fingerprint density at radius 2 is 1.15 bits per heavy atom. The Hall–Kier alpha value is -7.22. The third-order valence-corrected chi connectivity index (χ3v) is 12.5. The van der Waals surface area contributed by atoms with Gasteiger partial charge in [0.25, 0.3) is 0 Å². The summed E-state index contributed by atoms with van der Waals surface area (Å²) in [5.41, 5.74) is -0.482. The molecular weight excluding hydrogens is 965 g/mol. The smallest absolute Gasteiger partial charge is 0.343 e. The van der Waals surface area contributed by atoms with E-state index in [0.29, 0.717) is 0 Å². The number of carbonyl (C=O) groups is 4. The Morgan fingerprint density at radius 1 is 0.706 bits per heavy atom. The van der Waals surface area contributed by atoms with E-state index < -0.39 is 90.2 Å². The van der Waals surface area contributed by atoms with Gasteiger partial charge in [0.1, 0.15) is 29.1 Å². The van der Waals surface area contributed by atoms with E-state index in [-0.39, 0.29) is 95.6 Å². The monoisotopic (exact) mass is 1000 g/mol. The number of benzene rings is 2. The average molecular weight is 1010 g/mol. The summed E-state index contributed by atoms with van der Waals surface area (Å²) in [5, 5.41) is 19.1. The van der Waals surface area contributed by atoms with Gasteiger partial charge in [0.15, 0.2) is 23.3 Å². The molecule has 6 rings (SSSR count). The maximum Gasteiger partial charge on any atom is 0.343 e. The molecule has 0 atom stereocenters. The molecule has 0 aliphatic carbocycles. The van der Waals surface area contributed by atoms with E-state index in [2.05, 4.69) is 9.97 Å². The summed E-state index contributed by atoms with van der Waals surface area (Å²) < 4.78 is 114. The molecule has 2 aliphatic rings. The molecule has 2 aromatic carbocycles. The first-order valence-corrected chi connectivity index (χ1v) is 23.6. The summed E-state index contributed by atoms with van der Waals surface area (Å²) in [7, 11) is -5.84. The Labute approximate surface area is 392 Å². The molecule has 2 N–H and O–H groups in total. The second kappa shape index (κ2) is 22.1. The number of methoxy groups -OCH3 is 2. The summed E-state index contributed by atoms with van der Waals surface area (Å²) in [5.74, 6) is -9.20. The minimum absolute atomic E-state index is 0.0139. The van der Waals surface area contributed by atoms with Crippen LogP contribution in [-0.2, 0) is 50.6 Å². The van der Waals surface area contributed by atoms with Crippen LogP contribution in [0.5, 0.6) is 11.8 Å². The number of sulfonamides is 2. The molecule has 0 spiro atoms. The van der Waals surface area contributed by atoms with E-state index in [1.54, 1.807) is 23.6 Å². The number of nitrogens with zero attached hydrogens (tertiary/aromatic N) is 6. The van der Waals surface area contributed by atoms with E-state index in [0.717, 1.165) is 24.3 Å². The number of aromatic nitrogens is 2. The van der Waals surface area contributed by atoms with Crippen LogP contribution >= 0.6 is 11.6 Å². The first-order chi connectivity index (χ1) is 32.2. The summed E-state index contributed by atoms with van der Waals surface area (Å²) in [6, 6.07) is 13.1. The maximum atomic E-state index is 13.9. The van der Waals surface area contributed by atoms with Crippen molar-refractivity contribution in [3.8, 4) is 23.9 Å². The van der Waals surface area contributed by atoms with Gasteiger partial charge in [-0.3, -0.25) is 19.0 Å². The van der Waals surface area contributed by atoms with Crippen molar-refractivity contribution in [3.63, 3.8) is 0 Å². The van der Waals surface area contributed by atoms with Crippen molar-refractivity contribution in [2.45, 2.75) is 25.4 Å². The van der Waals surface area contributed by atoms with Crippen molar-refractivity contribution in [1.82, 2.24) is 19.4 Å². The van der Waals surface area contributed by atoms with Crippen molar-refractivity contribution in [3.05, 3.63) is 104 Å². The van der Waals surface area contributed by atoms with Crippen molar-refractivity contribution in [2.24, 2.45) is 11.8 Å². The molecule has 20 nitrogen and oxygen atoms in total. The number of anilines is 2. The number of carbonyl (C=O) groups excluding carboxylic acids is 4.